The van der Waals surface area contributed by atoms with Gasteiger partial charge in [-0.3, -0.25) is 9.52 Å². The lowest BCUT2D eigenvalue weighted by Crippen LogP contribution is -2.21. The van der Waals surface area contributed by atoms with Gasteiger partial charge in [-0.05, 0) is 73.2 Å². The molecule has 0 saturated heterocycles. The van der Waals surface area contributed by atoms with E-state index in [1.54, 1.807) is 13.0 Å². The van der Waals surface area contributed by atoms with Gasteiger partial charge < -0.3 is 10.1 Å². The number of halogens is 3. The van der Waals surface area contributed by atoms with Crippen molar-refractivity contribution in [2.24, 2.45) is 0 Å². The molecule has 0 bridgehead atoms. The van der Waals surface area contributed by atoms with E-state index < -0.39 is 34.2 Å². The lowest BCUT2D eigenvalue weighted by Gasteiger charge is -2.12. The van der Waals surface area contributed by atoms with Gasteiger partial charge in [0, 0.05) is 10.2 Å². The summed E-state index contributed by atoms with van der Waals surface area (Å²) in [4.78, 5) is 12.0. The number of amides is 1. The van der Waals surface area contributed by atoms with E-state index in [1.807, 2.05) is 0 Å². The Hall–Kier alpha value is -2.98. The van der Waals surface area contributed by atoms with Crippen molar-refractivity contribution >= 4 is 43.2 Å². The third kappa shape index (κ3) is 6.02. The minimum atomic E-state index is -3.90. The van der Waals surface area contributed by atoms with Gasteiger partial charge in [0.05, 0.1) is 10.6 Å². The van der Waals surface area contributed by atoms with Crippen molar-refractivity contribution in [3.05, 3.63) is 82.3 Å². The van der Waals surface area contributed by atoms with Gasteiger partial charge in [-0.25, -0.2) is 17.2 Å². The van der Waals surface area contributed by atoms with Crippen molar-refractivity contribution in [1.82, 2.24) is 0 Å². The number of anilines is 2. The molecule has 3 aromatic carbocycles. The van der Waals surface area contributed by atoms with Crippen LogP contribution in [0.25, 0.3) is 0 Å². The summed E-state index contributed by atoms with van der Waals surface area (Å²) < 4.78 is 60.2. The van der Waals surface area contributed by atoms with Crippen molar-refractivity contribution in [3.8, 4) is 5.75 Å². The number of ether oxygens (including phenoxy) is 1. The number of carbonyl (C=O) groups is 1. The Morgan fingerprint density at radius 1 is 1.03 bits per heavy atom. The largest absolute Gasteiger partial charge is 0.483 e. The third-order valence-electron chi connectivity index (χ3n) is 4.12. The zero-order valence-electron chi connectivity index (χ0n) is 16.2. The van der Waals surface area contributed by atoms with Crippen LogP contribution in [0.3, 0.4) is 0 Å². The quantitative estimate of drug-likeness (QED) is 0.475. The lowest BCUT2D eigenvalue weighted by atomic mass is 10.2. The van der Waals surface area contributed by atoms with Crippen LogP contribution in [0.4, 0.5) is 20.2 Å². The molecule has 3 aromatic rings. The zero-order valence-corrected chi connectivity index (χ0v) is 18.6. The number of rotatable bonds is 7. The SMILES string of the molecule is Cc1cc(S(=O)(=O)Nc2ccc(F)cc2)ccc1OCC(=O)Nc1ccc(Br)cc1F. The van der Waals surface area contributed by atoms with Crippen LogP contribution in [0.5, 0.6) is 5.75 Å². The van der Waals surface area contributed by atoms with Crippen LogP contribution >= 0.6 is 15.9 Å². The van der Waals surface area contributed by atoms with Gasteiger partial charge in [0.1, 0.15) is 17.4 Å². The molecule has 0 saturated carbocycles. The van der Waals surface area contributed by atoms with Crippen LogP contribution in [-0.2, 0) is 14.8 Å². The van der Waals surface area contributed by atoms with Crippen molar-refractivity contribution < 1.29 is 26.7 Å². The van der Waals surface area contributed by atoms with E-state index in [0.717, 1.165) is 12.1 Å². The topological polar surface area (TPSA) is 84.5 Å². The maximum Gasteiger partial charge on any atom is 0.262 e. The van der Waals surface area contributed by atoms with E-state index in [4.69, 9.17) is 4.74 Å². The van der Waals surface area contributed by atoms with Gasteiger partial charge in [-0.15, -0.1) is 0 Å². The molecule has 6 nitrogen and oxygen atoms in total. The van der Waals surface area contributed by atoms with Crippen LogP contribution in [0.1, 0.15) is 5.56 Å². The molecule has 0 atom stereocenters. The lowest BCUT2D eigenvalue weighted by molar-refractivity contribution is -0.118. The van der Waals surface area contributed by atoms with E-state index in [2.05, 4.69) is 26.0 Å². The fourth-order valence-corrected chi connectivity index (χ4v) is 4.08. The molecule has 0 aromatic heterocycles. The summed E-state index contributed by atoms with van der Waals surface area (Å²) in [6, 6.07) is 13.2. The summed E-state index contributed by atoms with van der Waals surface area (Å²) in [5, 5.41) is 2.40. The number of sulfonamides is 1. The number of benzene rings is 3. The number of carbonyl (C=O) groups excluding carboxylic acids is 1. The average Bonchev–Trinajstić information content (AvgIpc) is 2.70. The van der Waals surface area contributed by atoms with Gasteiger partial charge in [-0.1, -0.05) is 15.9 Å². The minimum Gasteiger partial charge on any atom is -0.483 e. The standard InChI is InChI=1S/C21H17BrF2N2O4S/c1-13-10-17(31(28,29)26-16-5-3-15(23)4-6-16)7-9-20(13)30-12-21(27)25-19-8-2-14(22)11-18(19)24/h2-11,26H,12H2,1H3,(H,25,27). The highest BCUT2D eigenvalue weighted by atomic mass is 79.9. The monoisotopic (exact) mass is 510 g/mol. The van der Waals surface area contributed by atoms with Gasteiger partial charge in [0.15, 0.2) is 6.61 Å². The van der Waals surface area contributed by atoms with E-state index in [1.165, 1.54) is 42.5 Å². The normalized spacial score (nSPS) is 11.1. The van der Waals surface area contributed by atoms with Crippen LogP contribution in [0, 0.1) is 18.6 Å². The molecule has 1 amide bonds. The Morgan fingerprint density at radius 2 is 1.74 bits per heavy atom. The van der Waals surface area contributed by atoms with Gasteiger partial charge in [0.25, 0.3) is 15.9 Å². The summed E-state index contributed by atoms with van der Waals surface area (Å²) in [6.07, 6.45) is 0. The highest BCUT2D eigenvalue weighted by molar-refractivity contribution is 9.10. The minimum absolute atomic E-state index is 0.0156. The van der Waals surface area contributed by atoms with Crippen molar-refractivity contribution in [3.63, 3.8) is 0 Å². The predicted molar refractivity (Wildman–Crippen MR) is 117 cm³/mol. The van der Waals surface area contributed by atoms with E-state index >= 15 is 0 Å². The van der Waals surface area contributed by atoms with Crippen molar-refractivity contribution in [2.45, 2.75) is 11.8 Å². The summed E-state index contributed by atoms with van der Waals surface area (Å²) in [5.41, 5.74) is 0.711. The maximum atomic E-state index is 13.8. The third-order valence-corrected chi connectivity index (χ3v) is 5.99. The first-order valence-corrected chi connectivity index (χ1v) is 11.2. The smallest absolute Gasteiger partial charge is 0.262 e. The van der Waals surface area contributed by atoms with E-state index in [-0.39, 0.29) is 16.3 Å². The van der Waals surface area contributed by atoms with E-state index in [9.17, 15) is 22.0 Å². The van der Waals surface area contributed by atoms with Gasteiger partial charge in [-0.2, -0.15) is 0 Å². The Morgan fingerprint density at radius 3 is 2.39 bits per heavy atom. The molecular formula is C21H17BrF2N2O4S. The predicted octanol–water partition coefficient (Wildman–Crippen LogP) is 4.85. The molecule has 0 aliphatic carbocycles. The molecule has 0 fully saturated rings. The molecule has 0 aliphatic heterocycles. The van der Waals surface area contributed by atoms with Crippen LogP contribution in [-0.4, -0.2) is 20.9 Å². The summed E-state index contributed by atoms with van der Waals surface area (Å²) in [6.45, 7) is 1.23. The summed E-state index contributed by atoms with van der Waals surface area (Å²) >= 11 is 3.13. The second kappa shape index (κ2) is 9.44. The second-order valence-electron chi connectivity index (χ2n) is 6.50. The van der Waals surface area contributed by atoms with Crippen molar-refractivity contribution in [2.75, 3.05) is 16.6 Å². The number of hydrogen-bond donors (Lipinski definition) is 2. The van der Waals surface area contributed by atoms with Gasteiger partial charge in [0.2, 0.25) is 0 Å². The Labute approximate surface area is 186 Å². The molecule has 162 valence electrons. The van der Waals surface area contributed by atoms with Crippen molar-refractivity contribution in [1.29, 1.82) is 0 Å². The first-order chi connectivity index (χ1) is 14.6. The average molecular weight is 511 g/mol. The molecule has 0 unspecified atom stereocenters. The Balaban J connectivity index is 1.64. The zero-order chi connectivity index (χ0) is 22.6. The van der Waals surface area contributed by atoms with Gasteiger partial charge >= 0.3 is 0 Å². The fourth-order valence-electron chi connectivity index (χ4n) is 2.60. The Bertz CT molecular complexity index is 1220. The highest BCUT2D eigenvalue weighted by Crippen LogP contribution is 2.24. The van der Waals surface area contributed by atoms with Crippen LogP contribution in [0.2, 0.25) is 0 Å². The highest BCUT2D eigenvalue weighted by Gasteiger charge is 2.16. The maximum absolute atomic E-state index is 13.8. The number of hydrogen-bond acceptors (Lipinski definition) is 4. The molecule has 10 heteroatoms. The summed E-state index contributed by atoms with van der Waals surface area (Å²) in [7, 11) is -3.90. The molecule has 3 rings (SSSR count). The van der Waals surface area contributed by atoms with Crippen LogP contribution < -0.4 is 14.8 Å². The fraction of sp³-hybridized carbons (Fsp3) is 0.0952. The first kappa shape index (κ1) is 22.7. The first-order valence-electron chi connectivity index (χ1n) is 8.91. The molecule has 0 spiro atoms. The van der Waals surface area contributed by atoms with Crippen LogP contribution in [0.15, 0.2) is 70.0 Å². The number of aryl methyl sites for hydroxylation is 1. The molecule has 0 aliphatic rings. The molecule has 2 N–H and O–H groups in total. The molecule has 31 heavy (non-hydrogen) atoms. The molecule has 0 heterocycles. The molecule has 0 radical (unpaired) electrons. The number of nitrogens with one attached hydrogen (secondary N) is 2. The summed E-state index contributed by atoms with van der Waals surface area (Å²) in [5.74, 6) is -1.35. The van der Waals surface area contributed by atoms with E-state index in [0.29, 0.717) is 15.8 Å². The molecular weight excluding hydrogens is 494 g/mol. The Kier molecular flexibility index (Phi) is 6.91. The second-order valence-corrected chi connectivity index (χ2v) is 9.10.